The summed E-state index contributed by atoms with van der Waals surface area (Å²) in [5.41, 5.74) is -0.289. The van der Waals surface area contributed by atoms with Crippen LogP contribution in [0.5, 0.6) is 5.75 Å². The van der Waals surface area contributed by atoms with Crippen molar-refractivity contribution in [3.05, 3.63) is 40.9 Å². The smallest absolute Gasteiger partial charge is 0.385 e. The number of carbonyl (C=O) groups excluding carboxylic acids is 1. The van der Waals surface area contributed by atoms with Crippen molar-refractivity contribution in [2.24, 2.45) is 0 Å². The molecule has 2 aromatic carbocycles. The van der Waals surface area contributed by atoms with Gasteiger partial charge in [-0.3, -0.25) is 0 Å². The molecule has 0 saturated carbocycles. The molecule has 0 radical (unpaired) electrons. The van der Waals surface area contributed by atoms with Crippen LogP contribution in [-0.4, -0.2) is 13.1 Å². The standard InChI is InChI=1S/C12H8N2O3/c1-17-12(16)9-6-7-4-2-3-5-8(7)10(14-13)11(9)15/h2-6H,1H3. The lowest BCUT2D eigenvalue weighted by Crippen LogP contribution is -2.06. The predicted octanol–water partition coefficient (Wildman–Crippen LogP) is 2.18. The van der Waals surface area contributed by atoms with Crippen LogP contribution < -0.4 is 5.11 Å². The summed E-state index contributed by atoms with van der Waals surface area (Å²) in [6.07, 6.45) is 0. The minimum atomic E-state index is -0.745. The second-order valence-corrected chi connectivity index (χ2v) is 3.41. The number of esters is 1. The highest BCUT2D eigenvalue weighted by Crippen LogP contribution is 2.36. The van der Waals surface area contributed by atoms with Crippen LogP contribution in [0.3, 0.4) is 0 Å². The van der Waals surface area contributed by atoms with E-state index in [0.717, 1.165) is 0 Å². The number of fused-ring (bicyclic) bond motifs is 1. The van der Waals surface area contributed by atoms with Gasteiger partial charge in [-0.15, -0.1) is 0 Å². The highest BCUT2D eigenvalue weighted by Gasteiger charge is 2.20. The Hall–Kier alpha value is -2.61. The first kappa shape index (κ1) is 10.9. The van der Waals surface area contributed by atoms with Gasteiger partial charge in [-0.05, 0) is 17.5 Å². The molecule has 2 rings (SSSR count). The Bertz CT molecular complexity index is 644. The summed E-state index contributed by atoms with van der Waals surface area (Å²) in [5.74, 6) is -1.39. The van der Waals surface area contributed by atoms with Crippen LogP contribution in [0.2, 0.25) is 0 Å². The van der Waals surface area contributed by atoms with Gasteiger partial charge in [0.15, 0.2) is 4.98 Å². The normalized spacial score (nSPS) is 9.88. The molecule has 0 spiro atoms. The van der Waals surface area contributed by atoms with Gasteiger partial charge < -0.3 is 9.84 Å². The second-order valence-electron chi connectivity index (χ2n) is 3.41. The Morgan fingerprint density at radius 3 is 2.76 bits per heavy atom. The van der Waals surface area contributed by atoms with E-state index in [-0.39, 0.29) is 11.3 Å². The highest BCUT2D eigenvalue weighted by molar-refractivity contribution is 6.05. The number of methoxy groups -OCH3 is 1. The van der Waals surface area contributed by atoms with Crippen LogP contribution >= 0.6 is 0 Å². The number of hydrogen-bond acceptors (Lipinski definition) is 4. The van der Waals surface area contributed by atoms with Gasteiger partial charge in [0.1, 0.15) is 0 Å². The molecule has 0 aliphatic heterocycles. The molecular formula is C12H8N2O3. The van der Waals surface area contributed by atoms with Gasteiger partial charge in [0.25, 0.3) is 0 Å². The molecule has 84 valence electrons. The first-order chi connectivity index (χ1) is 8.19. The Balaban J connectivity index is 2.86. The van der Waals surface area contributed by atoms with E-state index in [1.165, 1.54) is 13.2 Å². The third-order valence-electron chi connectivity index (χ3n) is 2.48. The van der Waals surface area contributed by atoms with Gasteiger partial charge in [0.2, 0.25) is 5.39 Å². The molecule has 0 bridgehead atoms. The number of benzene rings is 2. The SMILES string of the molecule is COC(=O)c1cc2ccccc2c([N+]#N)c1[O-]. The summed E-state index contributed by atoms with van der Waals surface area (Å²) in [6, 6.07) is 8.27. The van der Waals surface area contributed by atoms with Crippen LogP contribution in [0.15, 0.2) is 30.3 Å². The zero-order chi connectivity index (χ0) is 12.4. The Morgan fingerprint density at radius 2 is 2.12 bits per heavy atom. The summed E-state index contributed by atoms with van der Waals surface area (Å²) in [6.45, 7) is 0. The number of carbonyl (C=O) groups is 1. The molecule has 0 heterocycles. The molecule has 0 N–H and O–H groups in total. The minimum absolute atomic E-state index is 0.140. The molecule has 0 atom stereocenters. The van der Waals surface area contributed by atoms with E-state index in [4.69, 9.17) is 5.39 Å². The van der Waals surface area contributed by atoms with Crippen molar-refractivity contribution in [3.63, 3.8) is 0 Å². The quantitative estimate of drug-likeness (QED) is 0.553. The molecule has 2 aromatic rings. The van der Waals surface area contributed by atoms with Gasteiger partial charge in [-0.2, -0.15) is 0 Å². The average molecular weight is 228 g/mol. The largest absolute Gasteiger partial charge is 0.866 e. The maximum absolute atomic E-state index is 11.9. The third-order valence-corrected chi connectivity index (χ3v) is 2.48. The van der Waals surface area contributed by atoms with Crippen LogP contribution in [0, 0.1) is 5.39 Å². The molecule has 0 unspecified atom stereocenters. The van der Waals surface area contributed by atoms with Crippen molar-refractivity contribution in [2.75, 3.05) is 7.11 Å². The van der Waals surface area contributed by atoms with Crippen molar-refractivity contribution in [3.8, 4) is 5.75 Å². The zero-order valence-electron chi connectivity index (χ0n) is 9.01. The predicted molar refractivity (Wildman–Crippen MR) is 59.5 cm³/mol. The van der Waals surface area contributed by atoms with Crippen molar-refractivity contribution in [2.45, 2.75) is 0 Å². The van der Waals surface area contributed by atoms with Gasteiger partial charge in [-0.1, -0.05) is 18.2 Å². The lowest BCUT2D eigenvalue weighted by Gasteiger charge is -2.10. The lowest BCUT2D eigenvalue weighted by atomic mass is 10.0. The van der Waals surface area contributed by atoms with Gasteiger partial charge >= 0.3 is 11.7 Å². The Kier molecular flexibility index (Phi) is 2.63. The maximum atomic E-state index is 11.9. The molecule has 0 saturated heterocycles. The van der Waals surface area contributed by atoms with Gasteiger partial charge in [0.05, 0.1) is 18.1 Å². The molecule has 0 aliphatic carbocycles. The molecule has 0 aliphatic rings. The molecule has 0 fully saturated rings. The van der Waals surface area contributed by atoms with Crippen LogP contribution in [-0.2, 0) is 4.74 Å². The summed E-state index contributed by atoms with van der Waals surface area (Å²) in [4.78, 5) is 14.4. The monoisotopic (exact) mass is 228 g/mol. The summed E-state index contributed by atoms with van der Waals surface area (Å²) in [5, 5.41) is 21.9. The van der Waals surface area contributed by atoms with Crippen LogP contribution in [0.4, 0.5) is 5.69 Å². The fraction of sp³-hybridized carbons (Fsp3) is 0.0833. The molecular weight excluding hydrogens is 220 g/mol. The van der Waals surface area contributed by atoms with E-state index in [0.29, 0.717) is 10.8 Å². The Morgan fingerprint density at radius 1 is 1.41 bits per heavy atom. The number of rotatable bonds is 1. The molecule has 5 heteroatoms. The maximum Gasteiger partial charge on any atom is 0.385 e. The van der Waals surface area contributed by atoms with E-state index in [1.807, 2.05) is 0 Å². The second kappa shape index (κ2) is 4.10. The van der Waals surface area contributed by atoms with Crippen LogP contribution in [0.1, 0.15) is 10.4 Å². The lowest BCUT2D eigenvalue weighted by molar-refractivity contribution is -0.267. The van der Waals surface area contributed by atoms with Crippen molar-refractivity contribution in [1.82, 2.24) is 0 Å². The molecule has 5 nitrogen and oxygen atoms in total. The van der Waals surface area contributed by atoms with Crippen molar-refractivity contribution < 1.29 is 14.6 Å². The molecule has 0 amide bonds. The minimum Gasteiger partial charge on any atom is -0.866 e. The number of diazo groups is 1. The van der Waals surface area contributed by atoms with E-state index >= 15 is 0 Å². The van der Waals surface area contributed by atoms with E-state index < -0.39 is 11.7 Å². The van der Waals surface area contributed by atoms with Crippen LogP contribution in [0.25, 0.3) is 15.7 Å². The van der Waals surface area contributed by atoms with Crippen molar-refractivity contribution >= 4 is 22.4 Å². The van der Waals surface area contributed by atoms with Gasteiger partial charge in [0, 0.05) is 5.75 Å². The summed E-state index contributed by atoms with van der Waals surface area (Å²) < 4.78 is 4.50. The highest BCUT2D eigenvalue weighted by atomic mass is 16.5. The third kappa shape index (κ3) is 1.66. The number of ether oxygens (including phenoxy) is 1. The summed E-state index contributed by atoms with van der Waals surface area (Å²) >= 11 is 0. The molecule has 0 aromatic heterocycles. The van der Waals surface area contributed by atoms with E-state index in [9.17, 15) is 9.90 Å². The average Bonchev–Trinajstić information content (AvgIpc) is 2.37. The molecule has 17 heavy (non-hydrogen) atoms. The number of nitrogens with zero attached hydrogens (tertiary/aromatic N) is 2. The topological polar surface area (TPSA) is 77.5 Å². The van der Waals surface area contributed by atoms with E-state index in [1.54, 1.807) is 24.3 Å². The summed E-state index contributed by atoms with van der Waals surface area (Å²) in [7, 11) is 1.19. The van der Waals surface area contributed by atoms with E-state index in [2.05, 4.69) is 9.71 Å². The van der Waals surface area contributed by atoms with Gasteiger partial charge in [-0.25, -0.2) is 4.79 Å². The van der Waals surface area contributed by atoms with Crippen molar-refractivity contribution in [1.29, 1.82) is 5.39 Å². The fourth-order valence-corrected chi connectivity index (χ4v) is 1.67. The first-order valence-corrected chi connectivity index (χ1v) is 4.85. The fourth-order valence-electron chi connectivity index (χ4n) is 1.67. The zero-order valence-corrected chi connectivity index (χ0v) is 9.01. The first-order valence-electron chi connectivity index (χ1n) is 4.85. The number of hydrogen-bond donors (Lipinski definition) is 0. The Labute approximate surface area is 96.9 Å².